The van der Waals surface area contributed by atoms with Crippen molar-refractivity contribution in [3.05, 3.63) is 41.4 Å². The zero-order chi connectivity index (χ0) is 12.9. The van der Waals surface area contributed by atoms with Crippen LogP contribution in [0.25, 0.3) is 5.53 Å². The molecule has 0 aromatic heterocycles. The third-order valence-electron chi connectivity index (χ3n) is 1.71. The second-order valence-corrected chi connectivity index (χ2v) is 5.52. The van der Waals surface area contributed by atoms with Gasteiger partial charge in [-0.2, -0.15) is 4.79 Å². The second kappa shape index (κ2) is 6.03. The zero-order valence-corrected chi connectivity index (χ0v) is 10.7. The molecule has 0 unspecified atom stereocenters. The average molecular weight is 294 g/mol. The highest BCUT2D eigenvalue weighted by Gasteiger charge is 2.28. The molecule has 1 rings (SSSR count). The van der Waals surface area contributed by atoms with Gasteiger partial charge in [-0.15, -0.1) is 0 Å². The lowest BCUT2D eigenvalue weighted by molar-refractivity contribution is -0.139. The van der Waals surface area contributed by atoms with Crippen molar-refractivity contribution < 1.29 is 14.3 Å². The van der Waals surface area contributed by atoms with Gasteiger partial charge in [-0.25, -0.2) is 4.79 Å². The van der Waals surface area contributed by atoms with Crippen LogP contribution in [-0.2, 0) is 9.53 Å². The largest absolute Gasteiger partial charge is 0.452 e. The van der Waals surface area contributed by atoms with Crippen molar-refractivity contribution >= 4 is 46.5 Å². The van der Waals surface area contributed by atoms with Crippen molar-refractivity contribution in [3.8, 4) is 0 Å². The Kier molecular flexibility index (Phi) is 4.97. The van der Waals surface area contributed by atoms with Crippen LogP contribution in [0.2, 0.25) is 0 Å². The molecule has 0 radical (unpaired) electrons. The molecular formula is C10H7Cl3N2O2. The van der Waals surface area contributed by atoms with E-state index in [1.54, 1.807) is 30.3 Å². The maximum atomic E-state index is 11.5. The van der Waals surface area contributed by atoms with Gasteiger partial charge < -0.3 is 10.3 Å². The van der Waals surface area contributed by atoms with Crippen molar-refractivity contribution in [1.82, 2.24) is 0 Å². The van der Waals surface area contributed by atoms with Gasteiger partial charge in [-0.05, 0) is 12.1 Å². The van der Waals surface area contributed by atoms with Crippen LogP contribution in [0.5, 0.6) is 0 Å². The molecule has 7 heteroatoms. The number of esters is 1. The maximum Gasteiger partial charge on any atom is 0.422 e. The summed E-state index contributed by atoms with van der Waals surface area (Å²) in [4.78, 5) is 14.4. The Morgan fingerprint density at radius 2 is 1.88 bits per heavy atom. The van der Waals surface area contributed by atoms with Crippen LogP contribution < -0.4 is 0 Å². The highest BCUT2D eigenvalue weighted by atomic mass is 35.6. The number of ether oxygens (including phenoxy) is 1. The van der Waals surface area contributed by atoms with Gasteiger partial charge in [0.1, 0.15) is 6.61 Å². The van der Waals surface area contributed by atoms with Gasteiger partial charge in [-0.3, -0.25) is 0 Å². The summed E-state index contributed by atoms with van der Waals surface area (Å²) in [7, 11) is 0. The summed E-state index contributed by atoms with van der Waals surface area (Å²) < 4.78 is 2.99. The van der Waals surface area contributed by atoms with Crippen LogP contribution in [0.3, 0.4) is 0 Å². The predicted octanol–water partition coefficient (Wildman–Crippen LogP) is 2.62. The minimum absolute atomic E-state index is 0.250. The Balaban J connectivity index is 2.78. The molecule has 0 heterocycles. The van der Waals surface area contributed by atoms with E-state index in [4.69, 9.17) is 40.3 Å². The molecular weight excluding hydrogens is 286 g/mol. The van der Waals surface area contributed by atoms with Crippen LogP contribution in [0.15, 0.2) is 30.3 Å². The summed E-state index contributed by atoms with van der Waals surface area (Å²) >= 11 is 16.3. The summed E-state index contributed by atoms with van der Waals surface area (Å²) in [6.45, 7) is -0.428. The molecule has 0 spiro atoms. The Morgan fingerprint density at radius 3 is 2.35 bits per heavy atom. The molecule has 17 heavy (non-hydrogen) atoms. The molecule has 0 aliphatic carbocycles. The lowest BCUT2D eigenvalue weighted by Gasteiger charge is -2.09. The van der Waals surface area contributed by atoms with Gasteiger partial charge in [0.25, 0.3) is 0 Å². The van der Waals surface area contributed by atoms with Crippen molar-refractivity contribution in [2.45, 2.75) is 3.79 Å². The Morgan fingerprint density at radius 1 is 1.29 bits per heavy atom. The molecule has 0 bridgehead atoms. The number of halogens is 3. The molecule has 0 aliphatic heterocycles. The summed E-state index contributed by atoms with van der Waals surface area (Å²) in [5.41, 5.74) is 8.92. The van der Waals surface area contributed by atoms with Gasteiger partial charge in [-0.1, -0.05) is 53.0 Å². The van der Waals surface area contributed by atoms with Crippen LogP contribution >= 0.6 is 34.8 Å². The monoisotopic (exact) mass is 292 g/mol. The quantitative estimate of drug-likeness (QED) is 0.283. The van der Waals surface area contributed by atoms with E-state index in [0.29, 0.717) is 5.56 Å². The standard InChI is InChI=1S/C10H7Cl3N2O2/c11-10(12,13)6-17-9(16)8(15-14)7-4-2-1-3-5-7/h1-5H,6H2. The van der Waals surface area contributed by atoms with Crippen molar-refractivity contribution in [2.24, 2.45) is 0 Å². The summed E-state index contributed by atoms with van der Waals surface area (Å²) in [5, 5.41) is 0. The highest BCUT2D eigenvalue weighted by molar-refractivity contribution is 6.67. The smallest absolute Gasteiger partial charge is 0.422 e. The van der Waals surface area contributed by atoms with Gasteiger partial charge in [0.05, 0.1) is 5.56 Å². The van der Waals surface area contributed by atoms with Crippen LogP contribution in [0.1, 0.15) is 5.56 Å². The maximum absolute atomic E-state index is 11.5. The topological polar surface area (TPSA) is 62.7 Å². The molecule has 90 valence electrons. The molecule has 4 nitrogen and oxygen atoms in total. The summed E-state index contributed by atoms with van der Waals surface area (Å²) in [6, 6.07) is 8.30. The Labute approximate surface area is 113 Å². The van der Waals surface area contributed by atoms with Crippen LogP contribution in [-0.4, -0.2) is 26.9 Å². The fraction of sp³-hybridized carbons (Fsp3) is 0.200. The van der Waals surface area contributed by atoms with Gasteiger partial charge in [0.2, 0.25) is 3.79 Å². The summed E-state index contributed by atoms with van der Waals surface area (Å²) in [6.07, 6.45) is 0. The molecule has 0 saturated heterocycles. The molecule has 0 saturated carbocycles. The molecule has 0 amide bonds. The van der Waals surface area contributed by atoms with Gasteiger partial charge >= 0.3 is 11.7 Å². The Bertz CT molecular complexity index is 450. The SMILES string of the molecule is [N-]=[N+]=C(C(=O)OCC(Cl)(Cl)Cl)c1ccccc1. The number of hydrogen-bond acceptors (Lipinski definition) is 2. The Hall–Kier alpha value is -1.06. The fourth-order valence-corrected chi connectivity index (χ4v) is 1.19. The number of hydrogen-bond donors (Lipinski definition) is 0. The van der Waals surface area contributed by atoms with Crippen LogP contribution in [0.4, 0.5) is 0 Å². The number of carbonyl (C=O) groups is 1. The zero-order valence-electron chi connectivity index (χ0n) is 8.44. The van der Waals surface area contributed by atoms with E-state index in [-0.39, 0.29) is 5.71 Å². The number of carbonyl (C=O) groups excluding carboxylic acids is 1. The lowest BCUT2D eigenvalue weighted by atomic mass is 10.1. The van der Waals surface area contributed by atoms with E-state index < -0.39 is 16.4 Å². The first-order valence-electron chi connectivity index (χ1n) is 4.45. The number of alkyl halides is 3. The molecule has 0 aliphatic rings. The fourth-order valence-electron chi connectivity index (χ4n) is 1.03. The average Bonchev–Trinajstić information content (AvgIpc) is 2.28. The lowest BCUT2D eigenvalue weighted by Crippen LogP contribution is -2.24. The first kappa shape index (κ1) is 14.0. The first-order valence-corrected chi connectivity index (χ1v) is 5.59. The molecule has 1 aromatic carbocycles. The van der Waals surface area contributed by atoms with Crippen molar-refractivity contribution in [1.29, 1.82) is 0 Å². The van der Waals surface area contributed by atoms with E-state index in [9.17, 15) is 4.79 Å². The summed E-state index contributed by atoms with van der Waals surface area (Å²) in [5.74, 6) is -0.870. The molecule has 0 N–H and O–H groups in total. The van der Waals surface area contributed by atoms with Crippen molar-refractivity contribution in [3.63, 3.8) is 0 Å². The van der Waals surface area contributed by atoms with Crippen LogP contribution in [0, 0.1) is 0 Å². The number of benzene rings is 1. The molecule has 0 atom stereocenters. The third kappa shape index (κ3) is 4.75. The number of nitrogens with zero attached hydrogens (tertiary/aromatic N) is 2. The minimum Gasteiger partial charge on any atom is -0.452 e. The van der Waals surface area contributed by atoms with Crippen molar-refractivity contribution in [2.75, 3.05) is 6.61 Å². The van der Waals surface area contributed by atoms with E-state index in [1.807, 2.05) is 0 Å². The van der Waals surface area contributed by atoms with E-state index in [0.717, 1.165) is 0 Å². The van der Waals surface area contributed by atoms with E-state index >= 15 is 0 Å². The normalized spacial score (nSPS) is 10.5. The highest BCUT2D eigenvalue weighted by Crippen LogP contribution is 2.26. The predicted molar refractivity (Wildman–Crippen MR) is 65.4 cm³/mol. The van der Waals surface area contributed by atoms with E-state index in [2.05, 4.69) is 9.53 Å². The third-order valence-corrected chi connectivity index (χ3v) is 2.03. The molecule has 0 fully saturated rings. The number of rotatable bonds is 3. The molecule has 1 aromatic rings. The first-order chi connectivity index (χ1) is 7.94. The van der Waals surface area contributed by atoms with E-state index in [1.165, 1.54) is 0 Å². The second-order valence-electron chi connectivity index (χ2n) is 3.01. The minimum atomic E-state index is -1.70. The van der Waals surface area contributed by atoms with Gasteiger partial charge in [0, 0.05) is 0 Å². The van der Waals surface area contributed by atoms with Gasteiger partial charge in [0.15, 0.2) is 0 Å².